The second-order valence-electron chi connectivity index (χ2n) is 19.7. The fourth-order valence-corrected chi connectivity index (χ4v) is 8.78. The monoisotopic (exact) mass is 926 g/mol. The second kappa shape index (κ2) is 53.8. The minimum absolute atomic E-state index is 0.0675. The van der Waals surface area contributed by atoms with E-state index in [1.165, 1.54) is 173 Å². The fourth-order valence-electron chi connectivity index (χ4n) is 8.78. The molecule has 0 aromatic carbocycles. The molecule has 0 radical (unpaired) electrons. The SMILES string of the molecule is CCCCCCC/C=C/C=C/C=C/CCCCCCCC(=O)OC(CCCCCCCCC/C=C/CCCCCCCC)CC(=O)NC(CO)C(O)CCCCCCCCCCCCCC. The normalized spacial score (nSPS) is 13.5. The summed E-state index contributed by atoms with van der Waals surface area (Å²) in [7, 11) is 0. The molecule has 0 rings (SSSR count). The average molecular weight is 927 g/mol. The highest BCUT2D eigenvalue weighted by Crippen LogP contribution is 2.18. The zero-order chi connectivity index (χ0) is 48.1. The standard InChI is InChI=1S/C60H111NO5/c1-4-7-10-13-16-19-22-25-27-29-31-33-35-38-41-44-47-50-53-60(65)66-56(51-48-45-42-39-36-34-32-30-28-26-23-20-17-14-11-8-5-2)54-59(64)61-57(55-62)58(63)52-49-46-43-40-37-24-21-18-15-12-9-6-3/h22,25-29,31,33,56-58,62-63H,4-21,23-24,30,32,34-55H2,1-3H3,(H,61,64)/b25-22+,28-26+,29-27+,33-31+. The first kappa shape index (κ1) is 63.8. The minimum Gasteiger partial charge on any atom is -0.462 e. The Kier molecular flexibility index (Phi) is 52.0. The van der Waals surface area contributed by atoms with Gasteiger partial charge in [-0.1, -0.05) is 256 Å². The van der Waals surface area contributed by atoms with Crippen LogP contribution in [0.4, 0.5) is 0 Å². The molecule has 6 nitrogen and oxygen atoms in total. The first-order valence-corrected chi connectivity index (χ1v) is 28.9. The smallest absolute Gasteiger partial charge is 0.306 e. The summed E-state index contributed by atoms with van der Waals surface area (Å²) in [5.74, 6) is -0.490. The highest BCUT2D eigenvalue weighted by atomic mass is 16.5. The van der Waals surface area contributed by atoms with E-state index in [1.54, 1.807) is 0 Å². The Labute approximate surface area is 410 Å². The molecule has 3 atom stereocenters. The number of carbonyl (C=O) groups is 2. The summed E-state index contributed by atoms with van der Waals surface area (Å²) in [4.78, 5) is 26.3. The maximum atomic E-state index is 13.3. The summed E-state index contributed by atoms with van der Waals surface area (Å²) in [5, 5.41) is 23.8. The van der Waals surface area contributed by atoms with Crippen molar-refractivity contribution >= 4 is 11.9 Å². The van der Waals surface area contributed by atoms with Gasteiger partial charge in [0.05, 0.1) is 25.2 Å². The molecular formula is C60H111NO5. The van der Waals surface area contributed by atoms with Crippen molar-refractivity contribution in [1.29, 1.82) is 0 Å². The van der Waals surface area contributed by atoms with Crippen LogP contribution in [0.15, 0.2) is 48.6 Å². The van der Waals surface area contributed by atoms with E-state index in [9.17, 15) is 19.8 Å². The summed E-state index contributed by atoms with van der Waals surface area (Å²) in [6.07, 6.45) is 66.0. The van der Waals surface area contributed by atoms with Gasteiger partial charge in [-0.15, -0.1) is 0 Å². The number of allylic oxidation sites excluding steroid dienone is 8. The Balaban J connectivity index is 4.61. The van der Waals surface area contributed by atoms with E-state index in [2.05, 4.69) is 74.7 Å². The van der Waals surface area contributed by atoms with Crippen LogP contribution in [0, 0.1) is 0 Å². The molecule has 3 N–H and O–H groups in total. The lowest BCUT2D eigenvalue weighted by Crippen LogP contribution is -2.46. The number of aliphatic hydroxyl groups excluding tert-OH is 2. The van der Waals surface area contributed by atoms with Gasteiger partial charge >= 0.3 is 5.97 Å². The van der Waals surface area contributed by atoms with Crippen LogP contribution >= 0.6 is 0 Å². The molecule has 386 valence electrons. The first-order valence-electron chi connectivity index (χ1n) is 28.9. The third kappa shape index (κ3) is 48.3. The van der Waals surface area contributed by atoms with Crippen LogP contribution in [0.1, 0.15) is 297 Å². The minimum atomic E-state index is -0.793. The lowest BCUT2D eigenvalue weighted by Gasteiger charge is -2.24. The fraction of sp³-hybridized carbons (Fsp3) is 0.833. The van der Waals surface area contributed by atoms with Gasteiger partial charge in [-0.05, 0) is 77.0 Å². The maximum absolute atomic E-state index is 13.3. The molecule has 0 fully saturated rings. The zero-order valence-electron chi connectivity index (χ0n) is 44.1. The van der Waals surface area contributed by atoms with Gasteiger partial charge in [0.1, 0.15) is 6.10 Å². The molecule has 6 heteroatoms. The number of ether oxygens (including phenoxy) is 1. The molecule has 0 bridgehead atoms. The number of hydrogen-bond acceptors (Lipinski definition) is 5. The summed E-state index contributed by atoms with van der Waals surface area (Å²) < 4.78 is 5.96. The summed E-state index contributed by atoms with van der Waals surface area (Å²) in [6, 6.07) is -0.707. The van der Waals surface area contributed by atoms with Crippen molar-refractivity contribution < 1.29 is 24.5 Å². The highest BCUT2D eigenvalue weighted by Gasteiger charge is 2.24. The molecular weight excluding hydrogens is 815 g/mol. The molecule has 0 spiro atoms. The van der Waals surface area contributed by atoms with E-state index in [1.807, 2.05) is 0 Å². The molecule has 1 amide bonds. The van der Waals surface area contributed by atoms with E-state index < -0.39 is 18.2 Å². The van der Waals surface area contributed by atoms with Crippen molar-refractivity contribution in [3.05, 3.63) is 48.6 Å². The van der Waals surface area contributed by atoms with Crippen molar-refractivity contribution in [2.75, 3.05) is 6.61 Å². The predicted octanol–water partition coefficient (Wildman–Crippen LogP) is 17.8. The van der Waals surface area contributed by atoms with Crippen LogP contribution < -0.4 is 5.32 Å². The van der Waals surface area contributed by atoms with E-state index in [4.69, 9.17) is 4.74 Å². The third-order valence-electron chi connectivity index (χ3n) is 13.2. The lowest BCUT2D eigenvalue weighted by molar-refractivity contribution is -0.151. The molecule has 0 aliphatic heterocycles. The van der Waals surface area contributed by atoms with Crippen molar-refractivity contribution in [2.24, 2.45) is 0 Å². The van der Waals surface area contributed by atoms with Crippen molar-refractivity contribution in [1.82, 2.24) is 5.32 Å². The summed E-state index contributed by atoms with van der Waals surface area (Å²) in [5.41, 5.74) is 0. The number of amides is 1. The van der Waals surface area contributed by atoms with Gasteiger partial charge in [-0.3, -0.25) is 9.59 Å². The number of esters is 1. The van der Waals surface area contributed by atoms with E-state index in [-0.39, 0.29) is 24.9 Å². The molecule has 0 saturated carbocycles. The number of aliphatic hydroxyl groups is 2. The van der Waals surface area contributed by atoms with Gasteiger partial charge in [-0.25, -0.2) is 0 Å². The van der Waals surface area contributed by atoms with E-state index >= 15 is 0 Å². The van der Waals surface area contributed by atoms with Crippen molar-refractivity contribution in [2.45, 2.75) is 315 Å². The molecule has 0 aromatic heterocycles. The number of nitrogens with one attached hydrogen (secondary N) is 1. The van der Waals surface area contributed by atoms with Gasteiger partial charge < -0.3 is 20.3 Å². The van der Waals surface area contributed by atoms with E-state index in [0.717, 1.165) is 77.0 Å². The van der Waals surface area contributed by atoms with Crippen LogP contribution in [0.25, 0.3) is 0 Å². The molecule has 0 aromatic rings. The zero-order valence-corrected chi connectivity index (χ0v) is 44.1. The molecule has 0 heterocycles. The molecule has 3 unspecified atom stereocenters. The molecule has 66 heavy (non-hydrogen) atoms. The Morgan fingerprint density at radius 2 is 0.788 bits per heavy atom. The number of unbranched alkanes of at least 4 members (excludes halogenated alkanes) is 34. The number of hydrogen-bond donors (Lipinski definition) is 3. The van der Waals surface area contributed by atoms with Gasteiger partial charge in [0.25, 0.3) is 0 Å². The van der Waals surface area contributed by atoms with Crippen LogP contribution in [0.2, 0.25) is 0 Å². The third-order valence-corrected chi connectivity index (χ3v) is 13.2. The van der Waals surface area contributed by atoms with Gasteiger partial charge in [0.15, 0.2) is 0 Å². The first-order chi connectivity index (χ1) is 32.5. The number of carbonyl (C=O) groups excluding carboxylic acids is 2. The maximum Gasteiger partial charge on any atom is 0.306 e. The lowest BCUT2D eigenvalue weighted by atomic mass is 10.0. The Hall–Kier alpha value is -2.18. The number of rotatable bonds is 52. The van der Waals surface area contributed by atoms with Crippen molar-refractivity contribution in [3.63, 3.8) is 0 Å². The van der Waals surface area contributed by atoms with Crippen LogP contribution in [-0.4, -0.2) is 46.9 Å². The van der Waals surface area contributed by atoms with Gasteiger partial charge in [-0.2, -0.15) is 0 Å². The van der Waals surface area contributed by atoms with Crippen LogP contribution in [-0.2, 0) is 14.3 Å². The van der Waals surface area contributed by atoms with Crippen LogP contribution in [0.3, 0.4) is 0 Å². The molecule has 0 aliphatic carbocycles. The second-order valence-corrected chi connectivity index (χ2v) is 19.7. The van der Waals surface area contributed by atoms with Crippen LogP contribution in [0.5, 0.6) is 0 Å². The summed E-state index contributed by atoms with van der Waals surface area (Å²) >= 11 is 0. The predicted molar refractivity (Wildman–Crippen MR) is 287 cm³/mol. The Bertz CT molecular complexity index is 1130. The Morgan fingerprint density at radius 3 is 1.20 bits per heavy atom. The van der Waals surface area contributed by atoms with E-state index in [0.29, 0.717) is 19.3 Å². The molecule has 0 aliphatic rings. The topological polar surface area (TPSA) is 95.9 Å². The quantitative estimate of drug-likeness (QED) is 0.0244. The molecule has 0 saturated heterocycles. The summed E-state index contributed by atoms with van der Waals surface area (Å²) in [6.45, 7) is 6.48. The largest absolute Gasteiger partial charge is 0.462 e. The van der Waals surface area contributed by atoms with Gasteiger partial charge in [0, 0.05) is 6.42 Å². The Morgan fingerprint density at radius 1 is 0.439 bits per heavy atom. The average Bonchev–Trinajstić information content (AvgIpc) is 3.31. The van der Waals surface area contributed by atoms with Crippen molar-refractivity contribution in [3.8, 4) is 0 Å². The highest BCUT2D eigenvalue weighted by molar-refractivity contribution is 5.77. The van der Waals surface area contributed by atoms with Gasteiger partial charge in [0.2, 0.25) is 5.91 Å².